The minimum absolute atomic E-state index is 0.0762. The number of nitrogens with zero attached hydrogens (tertiary/aromatic N) is 5. The molecule has 2 aromatic rings. The highest BCUT2D eigenvalue weighted by atomic mass is 16.2. The van der Waals surface area contributed by atoms with Crippen molar-refractivity contribution in [3.63, 3.8) is 0 Å². The first-order valence-electron chi connectivity index (χ1n) is 9.67. The first-order chi connectivity index (χ1) is 12.7. The van der Waals surface area contributed by atoms with Crippen LogP contribution in [0.4, 0.5) is 0 Å². The van der Waals surface area contributed by atoms with Gasteiger partial charge in [-0.2, -0.15) is 0 Å². The zero-order valence-corrected chi connectivity index (χ0v) is 15.6. The number of nitrogens with one attached hydrogen (secondary N) is 1. The second-order valence-electron chi connectivity index (χ2n) is 7.47. The maximum absolute atomic E-state index is 12.6. The number of likely N-dealkylation sites (tertiary alicyclic amines) is 1. The van der Waals surface area contributed by atoms with Crippen LogP contribution in [0.2, 0.25) is 0 Å². The summed E-state index contributed by atoms with van der Waals surface area (Å²) in [7, 11) is 2.02. The molecule has 4 rings (SSSR count). The number of piperidine rings is 1. The summed E-state index contributed by atoms with van der Waals surface area (Å²) in [5.41, 5.74) is 1.20. The van der Waals surface area contributed by atoms with E-state index in [9.17, 15) is 4.79 Å². The molecule has 1 aliphatic carbocycles. The van der Waals surface area contributed by atoms with E-state index in [1.165, 1.54) is 5.69 Å². The molecule has 1 aliphatic heterocycles. The first-order valence-corrected chi connectivity index (χ1v) is 9.67. The third-order valence-corrected chi connectivity index (χ3v) is 5.68. The molecular formula is C19H28N6O. The summed E-state index contributed by atoms with van der Waals surface area (Å²) in [6.45, 7) is 4.74. The van der Waals surface area contributed by atoms with Gasteiger partial charge in [-0.3, -0.25) is 4.79 Å². The molecule has 1 saturated heterocycles. The first kappa shape index (κ1) is 17.3. The lowest BCUT2D eigenvalue weighted by Gasteiger charge is -2.41. The van der Waals surface area contributed by atoms with E-state index in [0.717, 1.165) is 44.7 Å². The van der Waals surface area contributed by atoms with E-state index in [1.54, 1.807) is 0 Å². The molecule has 1 saturated carbocycles. The van der Waals surface area contributed by atoms with Gasteiger partial charge in [0.15, 0.2) is 0 Å². The van der Waals surface area contributed by atoms with Gasteiger partial charge in [-0.15, -0.1) is 0 Å². The Morgan fingerprint density at radius 1 is 1.31 bits per heavy atom. The molecule has 7 heteroatoms. The Labute approximate surface area is 154 Å². The Hall–Kier alpha value is -2.15. The molecule has 0 aromatic carbocycles. The lowest BCUT2D eigenvalue weighted by atomic mass is 9.87. The van der Waals surface area contributed by atoms with Gasteiger partial charge in [0.25, 0.3) is 0 Å². The van der Waals surface area contributed by atoms with Crippen LogP contribution in [-0.4, -0.2) is 42.5 Å². The SMILES string of the molecule is CCn1cncc1CNC[C@H]1CCC(=O)N(C2CC2)[C@@H]1c1nccn1C. The molecule has 0 unspecified atom stereocenters. The van der Waals surface area contributed by atoms with E-state index >= 15 is 0 Å². The van der Waals surface area contributed by atoms with Gasteiger partial charge in [-0.1, -0.05) is 0 Å². The summed E-state index contributed by atoms with van der Waals surface area (Å²) in [5.74, 6) is 1.68. The number of aryl methyl sites for hydroxylation is 2. The fraction of sp³-hybridized carbons (Fsp3) is 0.632. The third kappa shape index (κ3) is 3.28. The number of aromatic nitrogens is 4. The average molecular weight is 356 g/mol. The van der Waals surface area contributed by atoms with Crippen molar-refractivity contribution in [1.29, 1.82) is 0 Å². The van der Waals surface area contributed by atoms with Crippen molar-refractivity contribution in [2.75, 3.05) is 6.54 Å². The Morgan fingerprint density at radius 3 is 2.85 bits per heavy atom. The number of imidazole rings is 2. The smallest absolute Gasteiger partial charge is 0.223 e. The zero-order chi connectivity index (χ0) is 18.1. The van der Waals surface area contributed by atoms with Crippen LogP contribution in [0.15, 0.2) is 24.9 Å². The summed E-state index contributed by atoms with van der Waals surface area (Å²) >= 11 is 0. The second-order valence-corrected chi connectivity index (χ2v) is 7.47. The van der Waals surface area contributed by atoms with Gasteiger partial charge in [0.1, 0.15) is 5.82 Å². The fourth-order valence-corrected chi connectivity index (χ4v) is 4.14. The Balaban J connectivity index is 1.49. The van der Waals surface area contributed by atoms with Crippen molar-refractivity contribution < 1.29 is 4.79 Å². The molecule has 1 amide bonds. The topological polar surface area (TPSA) is 68.0 Å². The summed E-state index contributed by atoms with van der Waals surface area (Å²) in [5, 5.41) is 3.60. The molecule has 26 heavy (non-hydrogen) atoms. The molecule has 2 atom stereocenters. The highest BCUT2D eigenvalue weighted by Gasteiger charge is 2.45. The van der Waals surface area contributed by atoms with Gasteiger partial charge in [-0.05, 0) is 32.1 Å². The maximum Gasteiger partial charge on any atom is 0.223 e. The number of carbonyl (C=O) groups is 1. The number of amides is 1. The van der Waals surface area contributed by atoms with Crippen molar-refractivity contribution in [3.8, 4) is 0 Å². The number of hydrogen-bond acceptors (Lipinski definition) is 4. The van der Waals surface area contributed by atoms with Crippen LogP contribution >= 0.6 is 0 Å². The summed E-state index contributed by atoms with van der Waals surface area (Å²) in [4.78, 5) is 23.6. The molecule has 2 aliphatic rings. The third-order valence-electron chi connectivity index (χ3n) is 5.68. The summed E-state index contributed by atoms with van der Waals surface area (Å²) in [6, 6.07) is 0.487. The van der Waals surface area contributed by atoms with Crippen LogP contribution in [0.3, 0.4) is 0 Å². The quantitative estimate of drug-likeness (QED) is 0.822. The summed E-state index contributed by atoms with van der Waals surface area (Å²) in [6.07, 6.45) is 11.4. The maximum atomic E-state index is 12.6. The molecule has 3 heterocycles. The highest BCUT2D eigenvalue weighted by molar-refractivity contribution is 5.78. The van der Waals surface area contributed by atoms with Crippen molar-refractivity contribution >= 4 is 5.91 Å². The number of hydrogen-bond donors (Lipinski definition) is 1. The highest BCUT2D eigenvalue weighted by Crippen LogP contribution is 2.42. The predicted octanol–water partition coefficient (Wildman–Crippen LogP) is 1.87. The van der Waals surface area contributed by atoms with Gasteiger partial charge >= 0.3 is 0 Å². The molecular weight excluding hydrogens is 328 g/mol. The Morgan fingerprint density at radius 2 is 2.15 bits per heavy atom. The normalized spacial score (nSPS) is 23.6. The Kier molecular flexibility index (Phi) is 4.80. The Bertz CT molecular complexity index is 762. The minimum Gasteiger partial charge on any atom is -0.336 e. The predicted molar refractivity (Wildman–Crippen MR) is 98.1 cm³/mol. The van der Waals surface area contributed by atoms with Crippen molar-refractivity contribution in [3.05, 3.63) is 36.4 Å². The number of rotatable bonds is 7. The molecule has 2 fully saturated rings. The molecule has 0 radical (unpaired) electrons. The van der Waals surface area contributed by atoms with Crippen molar-refractivity contribution in [2.45, 2.75) is 57.8 Å². The molecule has 7 nitrogen and oxygen atoms in total. The van der Waals surface area contributed by atoms with E-state index in [4.69, 9.17) is 0 Å². The lowest BCUT2D eigenvalue weighted by molar-refractivity contribution is -0.140. The van der Waals surface area contributed by atoms with Crippen LogP contribution in [0.5, 0.6) is 0 Å². The van der Waals surface area contributed by atoms with Crippen LogP contribution in [0.25, 0.3) is 0 Å². The van der Waals surface area contributed by atoms with Gasteiger partial charge in [-0.25, -0.2) is 9.97 Å². The molecule has 0 spiro atoms. The van der Waals surface area contributed by atoms with E-state index in [2.05, 4.69) is 36.2 Å². The van der Waals surface area contributed by atoms with E-state index in [-0.39, 0.29) is 6.04 Å². The van der Waals surface area contributed by atoms with E-state index < -0.39 is 0 Å². The number of carbonyl (C=O) groups excluding carboxylic acids is 1. The van der Waals surface area contributed by atoms with Gasteiger partial charge in [0.05, 0.1) is 18.1 Å². The average Bonchev–Trinajstić information content (AvgIpc) is 3.22. The van der Waals surface area contributed by atoms with Crippen LogP contribution in [0, 0.1) is 5.92 Å². The zero-order valence-electron chi connectivity index (χ0n) is 15.6. The van der Waals surface area contributed by atoms with Crippen LogP contribution in [0.1, 0.15) is 50.2 Å². The minimum atomic E-state index is 0.0762. The molecule has 2 aromatic heterocycles. The second kappa shape index (κ2) is 7.23. The van der Waals surface area contributed by atoms with Crippen molar-refractivity contribution in [1.82, 2.24) is 29.3 Å². The van der Waals surface area contributed by atoms with Crippen LogP contribution < -0.4 is 5.32 Å². The van der Waals surface area contributed by atoms with E-state index in [0.29, 0.717) is 24.3 Å². The van der Waals surface area contributed by atoms with Crippen LogP contribution in [-0.2, 0) is 24.9 Å². The van der Waals surface area contributed by atoms with Crippen molar-refractivity contribution in [2.24, 2.45) is 13.0 Å². The standard InChI is InChI=1S/C19H28N6O/c1-3-24-13-21-12-16(24)11-20-10-14-4-7-17(26)25(15-5-6-15)18(14)19-22-8-9-23(19)2/h8-9,12-15,18,20H,3-7,10-11H2,1-2H3/t14-,18+/m1/s1. The fourth-order valence-electron chi connectivity index (χ4n) is 4.14. The molecule has 0 bridgehead atoms. The molecule has 140 valence electrons. The molecule has 1 N–H and O–H groups in total. The summed E-state index contributed by atoms with van der Waals surface area (Å²) < 4.78 is 4.22. The van der Waals surface area contributed by atoms with E-state index in [1.807, 2.05) is 32.0 Å². The lowest BCUT2D eigenvalue weighted by Crippen LogP contribution is -2.47. The van der Waals surface area contributed by atoms with Gasteiger partial charge in [0.2, 0.25) is 5.91 Å². The monoisotopic (exact) mass is 356 g/mol. The van der Waals surface area contributed by atoms with Gasteiger partial charge in [0, 0.05) is 57.7 Å². The largest absolute Gasteiger partial charge is 0.336 e. The van der Waals surface area contributed by atoms with Gasteiger partial charge < -0.3 is 19.4 Å².